The van der Waals surface area contributed by atoms with Crippen molar-refractivity contribution in [2.45, 2.75) is 38.1 Å². The van der Waals surface area contributed by atoms with Crippen molar-refractivity contribution in [3.63, 3.8) is 0 Å². The van der Waals surface area contributed by atoms with Crippen LogP contribution in [0, 0.1) is 5.92 Å². The van der Waals surface area contributed by atoms with E-state index in [1.165, 1.54) is 60.5 Å². The summed E-state index contributed by atoms with van der Waals surface area (Å²) in [6.07, 6.45) is 5.33. The maximum absolute atomic E-state index is 3.81. The Hall–Kier alpha value is 0.1000. The molecule has 2 nitrogen and oxygen atoms in total. The zero-order chi connectivity index (χ0) is 13.3. The van der Waals surface area contributed by atoms with Crippen LogP contribution in [0.5, 0.6) is 0 Å². The third-order valence-corrected chi connectivity index (χ3v) is 6.20. The Bertz CT molecular complexity index is 430. The van der Waals surface area contributed by atoms with Crippen molar-refractivity contribution in [3.8, 4) is 0 Å². The molecule has 0 radical (unpaired) electrons. The van der Waals surface area contributed by atoms with E-state index >= 15 is 0 Å². The first kappa shape index (κ1) is 14.1. The molecule has 3 rings (SSSR count). The minimum atomic E-state index is 0.368. The summed E-state index contributed by atoms with van der Waals surface area (Å²) in [4.78, 5) is 4.17. The van der Waals surface area contributed by atoms with Gasteiger partial charge < -0.3 is 10.2 Å². The minimum Gasteiger partial charge on any atom is -0.310 e. The number of halogens is 1. The summed E-state index contributed by atoms with van der Waals surface area (Å²) in [5.41, 5.74) is 0.368. The maximum Gasteiger partial charge on any atom is 0.0701 e. The molecule has 1 saturated carbocycles. The van der Waals surface area contributed by atoms with Gasteiger partial charge in [-0.15, -0.1) is 11.3 Å². The summed E-state index contributed by atoms with van der Waals surface area (Å²) < 4.78 is 1.25. The molecule has 106 valence electrons. The highest BCUT2D eigenvalue weighted by molar-refractivity contribution is 9.11. The molecule has 0 bridgehead atoms. The van der Waals surface area contributed by atoms with Crippen LogP contribution in [-0.4, -0.2) is 36.6 Å². The van der Waals surface area contributed by atoms with E-state index in [2.05, 4.69) is 45.2 Å². The van der Waals surface area contributed by atoms with E-state index in [-0.39, 0.29) is 0 Å². The lowest BCUT2D eigenvalue weighted by Gasteiger charge is -2.34. The predicted molar refractivity (Wildman–Crippen MR) is 85.9 cm³/mol. The topological polar surface area (TPSA) is 15.3 Å². The standard InChI is InChI=1S/C15H23BrN2S/c1-15(12-3-4-12)11-18(9-2-8-17-15)10-7-13-5-6-14(16)19-13/h5-6,12,17H,2-4,7-11H2,1H3. The number of nitrogens with zero attached hydrogens (tertiary/aromatic N) is 1. The Morgan fingerprint density at radius 3 is 3.00 bits per heavy atom. The molecular weight excluding hydrogens is 320 g/mol. The fourth-order valence-corrected chi connectivity index (χ4v) is 4.69. The number of hydrogen-bond acceptors (Lipinski definition) is 3. The highest BCUT2D eigenvalue weighted by atomic mass is 79.9. The maximum atomic E-state index is 3.81. The number of rotatable bonds is 4. The second-order valence-corrected chi connectivity index (χ2v) is 8.75. The molecule has 1 N–H and O–H groups in total. The minimum absolute atomic E-state index is 0.368. The fraction of sp³-hybridized carbons (Fsp3) is 0.733. The predicted octanol–water partition coefficient (Wildman–Crippen LogP) is 3.52. The summed E-state index contributed by atoms with van der Waals surface area (Å²) in [5, 5.41) is 3.81. The second kappa shape index (κ2) is 5.84. The number of nitrogens with one attached hydrogen (secondary N) is 1. The number of thiophene rings is 1. The highest BCUT2D eigenvalue weighted by Crippen LogP contribution is 2.40. The van der Waals surface area contributed by atoms with E-state index in [0.29, 0.717) is 5.54 Å². The fourth-order valence-electron chi connectivity index (χ4n) is 3.22. The zero-order valence-corrected chi connectivity index (χ0v) is 14.0. The first-order valence-corrected chi connectivity index (χ1v) is 8.98. The third kappa shape index (κ3) is 3.60. The Morgan fingerprint density at radius 2 is 2.32 bits per heavy atom. The zero-order valence-electron chi connectivity index (χ0n) is 11.6. The van der Waals surface area contributed by atoms with Gasteiger partial charge in [-0.2, -0.15) is 0 Å². The number of hydrogen-bond donors (Lipinski definition) is 1. The lowest BCUT2D eigenvalue weighted by atomic mass is 9.95. The molecule has 1 aromatic rings. The summed E-state index contributed by atoms with van der Waals surface area (Å²) in [7, 11) is 0. The van der Waals surface area contributed by atoms with Crippen LogP contribution in [-0.2, 0) is 6.42 Å². The molecule has 1 atom stereocenters. The van der Waals surface area contributed by atoms with Crippen molar-refractivity contribution in [3.05, 3.63) is 20.8 Å². The summed E-state index contributed by atoms with van der Waals surface area (Å²) in [5.74, 6) is 0.920. The first-order valence-electron chi connectivity index (χ1n) is 7.37. The Labute approximate surface area is 128 Å². The van der Waals surface area contributed by atoms with Crippen molar-refractivity contribution < 1.29 is 0 Å². The molecule has 1 unspecified atom stereocenters. The van der Waals surface area contributed by atoms with E-state index in [1.54, 1.807) is 0 Å². The lowest BCUT2D eigenvalue weighted by Crippen LogP contribution is -2.51. The average Bonchev–Trinajstić information content (AvgIpc) is 3.17. The van der Waals surface area contributed by atoms with Crippen LogP contribution < -0.4 is 5.32 Å². The van der Waals surface area contributed by atoms with Gasteiger partial charge in [-0.1, -0.05) is 0 Å². The van der Waals surface area contributed by atoms with Crippen molar-refractivity contribution in [1.82, 2.24) is 10.2 Å². The van der Waals surface area contributed by atoms with Crippen LogP contribution in [0.15, 0.2) is 15.9 Å². The quantitative estimate of drug-likeness (QED) is 0.900. The monoisotopic (exact) mass is 342 g/mol. The van der Waals surface area contributed by atoms with E-state index in [9.17, 15) is 0 Å². The summed E-state index contributed by atoms with van der Waals surface area (Å²) in [6, 6.07) is 4.42. The van der Waals surface area contributed by atoms with E-state index in [0.717, 1.165) is 5.92 Å². The molecular formula is C15H23BrN2S. The Balaban J connectivity index is 1.57. The van der Waals surface area contributed by atoms with Gasteiger partial charge in [-0.3, -0.25) is 0 Å². The van der Waals surface area contributed by atoms with Gasteiger partial charge >= 0.3 is 0 Å². The van der Waals surface area contributed by atoms with Gasteiger partial charge in [0.15, 0.2) is 0 Å². The van der Waals surface area contributed by atoms with Gasteiger partial charge in [-0.25, -0.2) is 0 Å². The first-order chi connectivity index (χ1) is 9.16. The van der Waals surface area contributed by atoms with Gasteiger partial charge in [0.25, 0.3) is 0 Å². The van der Waals surface area contributed by atoms with Crippen LogP contribution in [0.4, 0.5) is 0 Å². The Morgan fingerprint density at radius 1 is 1.47 bits per heavy atom. The van der Waals surface area contributed by atoms with Gasteiger partial charge in [-0.05, 0) is 79.7 Å². The van der Waals surface area contributed by atoms with E-state index in [4.69, 9.17) is 0 Å². The van der Waals surface area contributed by atoms with Crippen LogP contribution in [0.1, 0.15) is 31.1 Å². The van der Waals surface area contributed by atoms with Crippen LogP contribution >= 0.6 is 27.3 Å². The smallest absolute Gasteiger partial charge is 0.0701 e. The van der Waals surface area contributed by atoms with Gasteiger partial charge in [0.2, 0.25) is 0 Å². The van der Waals surface area contributed by atoms with Crippen molar-refractivity contribution in [1.29, 1.82) is 0 Å². The van der Waals surface area contributed by atoms with Crippen LogP contribution in [0.2, 0.25) is 0 Å². The van der Waals surface area contributed by atoms with Gasteiger partial charge in [0.05, 0.1) is 3.79 Å². The van der Waals surface area contributed by atoms with Crippen LogP contribution in [0.25, 0.3) is 0 Å². The lowest BCUT2D eigenvalue weighted by molar-refractivity contribution is 0.203. The largest absolute Gasteiger partial charge is 0.310 e. The summed E-state index contributed by atoms with van der Waals surface area (Å²) >= 11 is 5.43. The molecule has 2 heterocycles. The molecule has 0 spiro atoms. The molecule has 4 heteroatoms. The molecule has 0 aromatic carbocycles. The molecule has 19 heavy (non-hydrogen) atoms. The van der Waals surface area contributed by atoms with Crippen molar-refractivity contribution in [2.24, 2.45) is 5.92 Å². The normalized spacial score (nSPS) is 29.4. The van der Waals surface area contributed by atoms with E-state index in [1.807, 2.05) is 11.3 Å². The SMILES string of the molecule is CC1(C2CC2)CN(CCc2ccc(Br)s2)CCCN1. The molecule has 1 aliphatic carbocycles. The highest BCUT2D eigenvalue weighted by Gasteiger charge is 2.42. The van der Waals surface area contributed by atoms with Crippen molar-refractivity contribution in [2.75, 3.05) is 26.2 Å². The van der Waals surface area contributed by atoms with Crippen LogP contribution in [0.3, 0.4) is 0 Å². The molecule has 1 aromatic heterocycles. The van der Waals surface area contributed by atoms with E-state index < -0.39 is 0 Å². The molecule has 2 fully saturated rings. The molecule has 2 aliphatic rings. The Kier molecular flexibility index (Phi) is 4.32. The third-order valence-electron chi connectivity index (χ3n) is 4.51. The molecule has 0 amide bonds. The molecule has 1 saturated heterocycles. The van der Waals surface area contributed by atoms with Gasteiger partial charge in [0.1, 0.15) is 0 Å². The molecule has 1 aliphatic heterocycles. The summed E-state index contributed by atoms with van der Waals surface area (Å²) in [6.45, 7) is 7.31. The van der Waals surface area contributed by atoms with Gasteiger partial charge in [0, 0.05) is 23.5 Å². The van der Waals surface area contributed by atoms with Crippen molar-refractivity contribution >= 4 is 27.3 Å². The average molecular weight is 343 g/mol. The second-order valence-electron chi connectivity index (χ2n) is 6.20.